The minimum absolute atomic E-state index is 0.129. The molecule has 0 N–H and O–H groups in total. The van der Waals surface area contributed by atoms with Crippen molar-refractivity contribution in [1.29, 1.82) is 0 Å². The Balaban J connectivity index is 1.78. The van der Waals surface area contributed by atoms with E-state index in [9.17, 15) is 4.79 Å². The maximum absolute atomic E-state index is 12.2. The van der Waals surface area contributed by atoms with E-state index in [1.54, 1.807) is 12.4 Å². The molecule has 0 aliphatic heterocycles. The van der Waals surface area contributed by atoms with Gasteiger partial charge in [0.1, 0.15) is 0 Å². The smallest absolute Gasteiger partial charge is 0.376 e. The number of nitrogens with zero attached hydrogens (tertiary/aromatic N) is 2. The van der Waals surface area contributed by atoms with E-state index in [4.69, 9.17) is 4.74 Å². The predicted octanol–water partition coefficient (Wildman–Crippen LogP) is 8.26. The average molecular weight is 453 g/mol. The molecular formula is C29H44N2O2. The Morgan fingerprint density at radius 1 is 1.06 bits per heavy atom. The Kier molecular flexibility index (Phi) is 11.6. The molecule has 0 fully saturated rings. The summed E-state index contributed by atoms with van der Waals surface area (Å²) >= 11 is 0. The van der Waals surface area contributed by atoms with Crippen molar-refractivity contribution in [1.82, 2.24) is 9.97 Å². The highest BCUT2D eigenvalue weighted by Crippen LogP contribution is 2.40. The summed E-state index contributed by atoms with van der Waals surface area (Å²) in [6, 6.07) is 0. The zero-order valence-corrected chi connectivity index (χ0v) is 21.6. The molecule has 0 radical (unpaired) electrons. The van der Waals surface area contributed by atoms with E-state index in [0.717, 1.165) is 24.0 Å². The lowest BCUT2D eigenvalue weighted by Gasteiger charge is -2.32. The maximum Gasteiger partial charge on any atom is 0.376 e. The lowest BCUT2D eigenvalue weighted by atomic mass is 9.72. The van der Waals surface area contributed by atoms with Crippen molar-refractivity contribution in [3.8, 4) is 0 Å². The van der Waals surface area contributed by atoms with E-state index in [1.165, 1.54) is 68.9 Å². The van der Waals surface area contributed by atoms with Crippen LogP contribution in [0.25, 0.3) is 6.08 Å². The van der Waals surface area contributed by atoms with Crippen LogP contribution in [0.3, 0.4) is 0 Å². The van der Waals surface area contributed by atoms with Crippen LogP contribution >= 0.6 is 0 Å². The van der Waals surface area contributed by atoms with Crippen LogP contribution in [-0.4, -0.2) is 22.5 Å². The summed E-state index contributed by atoms with van der Waals surface area (Å²) < 4.78 is 5.33. The van der Waals surface area contributed by atoms with Crippen molar-refractivity contribution in [3.63, 3.8) is 0 Å². The number of carbonyl (C=O) groups is 1. The monoisotopic (exact) mass is 452 g/mol. The molecule has 1 aliphatic carbocycles. The molecule has 0 bridgehead atoms. The fourth-order valence-corrected chi connectivity index (χ4v) is 4.52. The minimum atomic E-state index is -0.438. The Bertz CT molecular complexity index is 832. The fraction of sp³-hybridized carbons (Fsp3) is 0.621. The Morgan fingerprint density at radius 3 is 2.33 bits per heavy atom. The van der Waals surface area contributed by atoms with E-state index in [0.29, 0.717) is 6.61 Å². The highest BCUT2D eigenvalue weighted by molar-refractivity contribution is 5.85. The largest absolute Gasteiger partial charge is 0.460 e. The second-order valence-corrected chi connectivity index (χ2v) is 10.1. The summed E-state index contributed by atoms with van der Waals surface area (Å²) in [4.78, 5) is 20.6. The van der Waals surface area contributed by atoms with Crippen molar-refractivity contribution >= 4 is 12.0 Å². The van der Waals surface area contributed by atoms with Gasteiger partial charge in [0.15, 0.2) is 0 Å². The van der Waals surface area contributed by atoms with Crippen molar-refractivity contribution < 1.29 is 9.53 Å². The van der Waals surface area contributed by atoms with E-state index < -0.39 is 5.97 Å². The number of unbranched alkanes of at least 4 members (excludes halogenated alkanes) is 7. The minimum Gasteiger partial charge on any atom is -0.460 e. The maximum atomic E-state index is 12.2. The van der Waals surface area contributed by atoms with Crippen LogP contribution in [0.1, 0.15) is 121 Å². The molecule has 0 amide bonds. The molecule has 1 aromatic heterocycles. The van der Waals surface area contributed by atoms with Gasteiger partial charge < -0.3 is 4.74 Å². The lowest BCUT2D eigenvalue weighted by Crippen LogP contribution is -2.19. The number of carbonyl (C=O) groups excluding carboxylic acids is 1. The molecule has 0 saturated heterocycles. The van der Waals surface area contributed by atoms with Gasteiger partial charge in [-0.3, -0.25) is 0 Å². The predicted molar refractivity (Wildman–Crippen MR) is 138 cm³/mol. The number of esters is 1. The number of ether oxygens (including phenoxy) is 1. The first-order valence-corrected chi connectivity index (χ1v) is 12.9. The van der Waals surface area contributed by atoms with Gasteiger partial charge >= 0.3 is 5.97 Å². The van der Waals surface area contributed by atoms with Crippen LogP contribution in [0.4, 0.5) is 0 Å². The van der Waals surface area contributed by atoms with Gasteiger partial charge in [-0.2, -0.15) is 0 Å². The van der Waals surface area contributed by atoms with Gasteiger partial charge in [-0.1, -0.05) is 89.0 Å². The molecule has 1 aromatic rings. The number of rotatable bonds is 13. The molecule has 0 unspecified atom stereocenters. The number of aromatic nitrogens is 2. The molecule has 0 atom stereocenters. The molecule has 33 heavy (non-hydrogen) atoms. The molecule has 182 valence electrons. The van der Waals surface area contributed by atoms with Crippen molar-refractivity contribution in [2.24, 2.45) is 5.41 Å². The molecule has 2 rings (SSSR count). The van der Waals surface area contributed by atoms with E-state index >= 15 is 0 Å². The van der Waals surface area contributed by atoms with Gasteiger partial charge in [-0.05, 0) is 56.6 Å². The van der Waals surface area contributed by atoms with Crippen LogP contribution in [0.2, 0.25) is 0 Å². The number of allylic oxidation sites excluding steroid dienone is 5. The summed E-state index contributed by atoms with van der Waals surface area (Å²) in [6.07, 6.45) is 23.3. The third kappa shape index (κ3) is 9.65. The van der Waals surface area contributed by atoms with Gasteiger partial charge in [0.05, 0.1) is 6.61 Å². The van der Waals surface area contributed by atoms with E-state index in [1.807, 2.05) is 6.08 Å². The summed E-state index contributed by atoms with van der Waals surface area (Å²) in [6.45, 7) is 11.7. The normalized spacial score (nSPS) is 16.5. The zero-order chi connectivity index (χ0) is 24.1. The van der Waals surface area contributed by atoms with E-state index in [-0.39, 0.29) is 11.2 Å². The van der Waals surface area contributed by atoms with Crippen LogP contribution in [0.5, 0.6) is 0 Å². The second-order valence-electron chi connectivity index (χ2n) is 10.1. The van der Waals surface area contributed by atoms with Gasteiger partial charge in [0.25, 0.3) is 0 Å². The second kappa shape index (κ2) is 14.1. The summed E-state index contributed by atoms with van der Waals surface area (Å²) in [7, 11) is 0. The number of hydrogen-bond acceptors (Lipinski definition) is 4. The molecule has 4 heteroatoms. The van der Waals surface area contributed by atoms with Gasteiger partial charge in [0.2, 0.25) is 5.82 Å². The third-order valence-electron chi connectivity index (χ3n) is 6.54. The van der Waals surface area contributed by atoms with Crippen molar-refractivity contribution in [2.45, 2.75) is 105 Å². The van der Waals surface area contributed by atoms with Crippen LogP contribution in [0, 0.1) is 5.41 Å². The standard InChI is InChI=1S/C29H44N2O2/c1-6-7-8-9-10-11-12-13-19-33-28(32)27-30-21-25(22-31-27)20-23(2)16-17-26-24(3)15-14-18-29(26,4)5/h16-17,20-22H,6-15,18-19H2,1-5H3/b17-16+,23-20+. The van der Waals surface area contributed by atoms with Crippen LogP contribution in [0.15, 0.2) is 41.3 Å². The highest BCUT2D eigenvalue weighted by atomic mass is 16.5. The number of hydrogen-bond donors (Lipinski definition) is 0. The molecule has 1 heterocycles. The average Bonchev–Trinajstić information content (AvgIpc) is 2.77. The first-order valence-electron chi connectivity index (χ1n) is 12.9. The Labute approximate surface area is 201 Å². The molecule has 0 spiro atoms. The van der Waals surface area contributed by atoms with Crippen LogP contribution < -0.4 is 0 Å². The molecule has 0 saturated carbocycles. The summed E-state index contributed by atoms with van der Waals surface area (Å²) in [5.41, 5.74) is 5.19. The fourth-order valence-electron chi connectivity index (χ4n) is 4.52. The highest BCUT2D eigenvalue weighted by Gasteiger charge is 2.26. The topological polar surface area (TPSA) is 52.1 Å². The molecular weight excluding hydrogens is 408 g/mol. The first-order chi connectivity index (χ1) is 15.8. The Morgan fingerprint density at radius 2 is 1.70 bits per heavy atom. The lowest BCUT2D eigenvalue weighted by molar-refractivity contribution is 0.0483. The van der Waals surface area contributed by atoms with Crippen LogP contribution in [-0.2, 0) is 4.74 Å². The SMILES string of the molecule is CCCCCCCCCCOC(=O)c1ncc(/C=C(C)/C=C/C2=C(C)CCCC2(C)C)cn1. The first kappa shape index (κ1) is 27.0. The van der Waals surface area contributed by atoms with Crippen molar-refractivity contribution in [2.75, 3.05) is 6.61 Å². The summed E-state index contributed by atoms with van der Waals surface area (Å²) in [5.74, 6) is -0.309. The van der Waals surface area contributed by atoms with Gasteiger partial charge in [-0.15, -0.1) is 0 Å². The van der Waals surface area contributed by atoms with Gasteiger partial charge in [-0.25, -0.2) is 14.8 Å². The quantitative estimate of drug-likeness (QED) is 0.172. The van der Waals surface area contributed by atoms with Crippen molar-refractivity contribution in [3.05, 3.63) is 52.7 Å². The summed E-state index contributed by atoms with van der Waals surface area (Å²) in [5, 5.41) is 0. The zero-order valence-electron chi connectivity index (χ0n) is 21.6. The molecule has 0 aromatic carbocycles. The Hall–Kier alpha value is -2.23. The molecule has 1 aliphatic rings. The van der Waals surface area contributed by atoms with E-state index in [2.05, 4.69) is 56.7 Å². The third-order valence-corrected chi connectivity index (χ3v) is 6.54. The van der Waals surface area contributed by atoms with Gasteiger partial charge in [0, 0.05) is 18.0 Å². The molecule has 4 nitrogen and oxygen atoms in total.